The average molecular weight is 403 g/mol. The molecule has 1 heterocycles. The van der Waals surface area contributed by atoms with Gasteiger partial charge in [-0.25, -0.2) is 0 Å². The molecule has 2 amide bonds. The molecule has 1 aliphatic rings. The highest BCUT2D eigenvalue weighted by Gasteiger charge is 2.21. The Balaban J connectivity index is 1.44. The smallest absolute Gasteiger partial charge is 0.256 e. The van der Waals surface area contributed by atoms with E-state index in [1.165, 1.54) is 17.3 Å². The summed E-state index contributed by atoms with van der Waals surface area (Å²) in [6.07, 6.45) is 1.78. The molecule has 4 rings (SSSR count). The molecule has 1 aliphatic heterocycles. The predicted octanol–water partition coefficient (Wildman–Crippen LogP) is 5.15. The van der Waals surface area contributed by atoms with Gasteiger partial charge < -0.3 is 10.6 Å². The van der Waals surface area contributed by atoms with E-state index in [2.05, 4.69) is 22.8 Å². The van der Waals surface area contributed by atoms with Crippen molar-refractivity contribution in [1.82, 2.24) is 5.32 Å². The van der Waals surface area contributed by atoms with Crippen molar-refractivity contribution in [3.8, 4) is 0 Å². The number of rotatable bonds is 5. The molecule has 0 unspecified atom stereocenters. The van der Waals surface area contributed by atoms with Gasteiger partial charge in [0, 0.05) is 21.4 Å². The first-order valence-electron chi connectivity index (χ1n) is 9.67. The van der Waals surface area contributed by atoms with Crippen molar-refractivity contribution >= 4 is 29.3 Å². The third-order valence-corrected chi connectivity index (χ3v) is 6.08. The van der Waals surface area contributed by atoms with Crippen LogP contribution in [-0.2, 0) is 6.42 Å². The van der Waals surface area contributed by atoms with Gasteiger partial charge in [0.1, 0.15) is 0 Å². The van der Waals surface area contributed by atoms with Crippen molar-refractivity contribution in [2.45, 2.75) is 35.6 Å². The Bertz CT molecular complexity index is 1050. The number of hydrogen-bond donors (Lipinski definition) is 2. The van der Waals surface area contributed by atoms with Gasteiger partial charge >= 0.3 is 0 Å². The number of fused-ring (bicyclic) bond motifs is 2. The number of carbonyl (C=O) groups excluding carboxylic acids is 2. The molecule has 3 aromatic carbocycles. The van der Waals surface area contributed by atoms with Gasteiger partial charge in [-0.2, -0.15) is 0 Å². The van der Waals surface area contributed by atoms with Crippen LogP contribution in [0.25, 0.3) is 0 Å². The molecule has 0 bridgehead atoms. The van der Waals surface area contributed by atoms with E-state index >= 15 is 0 Å². The standard InChI is InChI=1S/C24H22N2O2S/c1-16(11-12-17-7-3-2-4-8-17)25-23(27)18-13-14-22-20(15-18)26-24(28)19-9-5-6-10-21(19)29-22/h2-10,13-16H,11-12H2,1H3,(H,25,27)(H,26,28)/t16-/m0/s1. The monoisotopic (exact) mass is 402 g/mol. The molecular weight excluding hydrogens is 380 g/mol. The maximum Gasteiger partial charge on any atom is 0.256 e. The van der Waals surface area contributed by atoms with E-state index in [9.17, 15) is 9.59 Å². The zero-order valence-corrected chi connectivity index (χ0v) is 17.0. The van der Waals surface area contributed by atoms with Crippen LogP contribution in [0.2, 0.25) is 0 Å². The van der Waals surface area contributed by atoms with Gasteiger partial charge in [-0.1, -0.05) is 54.2 Å². The fourth-order valence-corrected chi connectivity index (χ4v) is 4.33. The number of aryl methyl sites for hydroxylation is 1. The normalized spacial score (nSPS) is 13.5. The lowest BCUT2D eigenvalue weighted by Crippen LogP contribution is -2.33. The van der Waals surface area contributed by atoms with Crippen molar-refractivity contribution in [3.63, 3.8) is 0 Å². The first kappa shape index (κ1) is 19.3. The minimum Gasteiger partial charge on any atom is -0.350 e. The molecule has 0 spiro atoms. The van der Waals surface area contributed by atoms with Gasteiger partial charge in [0.25, 0.3) is 11.8 Å². The second-order valence-electron chi connectivity index (χ2n) is 7.16. The van der Waals surface area contributed by atoms with E-state index < -0.39 is 0 Å². The Hall–Kier alpha value is -3.05. The maximum atomic E-state index is 12.7. The molecule has 0 aromatic heterocycles. The Morgan fingerprint density at radius 2 is 1.76 bits per heavy atom. The summed E-state index contributed by atoms with van der Waals surface area (Å²) in [5, 5.41) is 5.99. The summed E-state index contributed by atoms with van der Waals surface area (Å²) in [5.41, 5.74) is 3.12. The molecule has 2 N–H and O–H groups in total. The molecule has 4 nitrogen and oxygen atoms in total. The second-order valence-corrected chi connectivity index (χ2v) is 8.25. The summed E-state index contributed by atoms with van der Waals surface area (Å²) in [6, 6.07) is 23.3. The average Bonchev–Trinajstić information content (AvgIpc) is 2.88. The zero-order valence-electron chi connectivity index (χ0n) is 16.1. The van der Waals surface area contributed by atoms with E-state index in [0.29, 0.717) is 16.8 Å². The summed E-state index contributed by atoms with van der Waals surface area (Å²) in [6.45, 7) is 2.01. The zero-order chi connectivity index (χ0) is 20.2. The van der Waals surface area contributed by atoms with Gasteiger partial charge in [0.2, 0.25) is 0 Å². The van der Waals surface area contributed by atoms with E-state index in [1.54, 1.807) is 6.07 Å². The fraction of sp³-hybridized carbons (Fsp3) is 0.167. The molecule has 0 saturated carbocycles. The Morgan fingerprint density at radius 1 is 1.00 bits per heavy atom. The molecule has 29 heavy (non-hydrogen) atoms. The largest absolute Gasteiger partial charge is 0.350 e. The third-order valence-electron chi connectivity index (χ3n) is 4.93. The van der Waals surface area contributed by atoms with Crippen LogP contribution >= 0.6 is 11.8 Å². The summed E-state index contributed by atoms with van der Waals surface area (Å²) < 4.78 is 0. The summed E-state index contributed by atoms with van der Waals surface area (Å²) >= 11 is 1.53. The van der Waals surface area contributed by atoms with Crippen molar-refractivity contribution in [1.29, 1.82) is 0 Å². The number of carbonyl (C=O) groups is 2. The molecule has 5 heteroatoms. The topological polar surface area (TPSA) is 58.2 Å². The molecule has 0 fully saturated rings. The van der Waals surface area contributed by atoms with Crippen LogP contribution in [0.15, 0.2) is 82.6 Å². The molecule has 0 radical (unpaired) electrons. The number of nitrogens with one attached hydrogen (secondary N) is 2. The lowest BCUT2D eigenvalue weighted by Gasteiger charge is -2.15. The van der Waals surface area contributed by atoms with Crippen LogP contribution in [0.4, 0.5) is 5.69 Å². The first-order chi connectivity index (χ1) is 14.1. The Morgan fingerprint density at radius 3 is 2.59 bits per heavy atom. The summed E-state index contributed by atoms with van der Waals surface area (Å²) in [5.74, 6) is -0.282. The molecule has 3 aromatic rings. The minimum atomic E-state index is -0.152. The molecular formula is C24H22N2O2S. The van der Waals surface area contributed by atoms with Crippen LogP contribution in [0, 0.1) is 0 Å². The maximum absolute atomic E-state index is 12.7. The van der Waals surface area contributed by atoms with Crippen LogP contribution in [0.1, 0.15) is 39.6 Å². The van der Waals surface area contributed by atoms with E-state index in [-0.39, 0.29) is 17.9 Å². The van der Waals surface area contributed by atoms with Crippen LogP contribution in [-0.4, -0.2) is 17.9 Å². The number of hydrogen-bond acceptors (Lipinski definition) is 3. The first-order valence-corrected chi connectivity index (χ1v) is 10.5. The van der Waals surface area contributed by atoms with Crippen LogP contribution < -0.4 is 10.6 Å². The number of amides is 2. The van der Waals surface area contributed by atoms with Gasteiger partial charge in [0.05, 0.1) is 11.3 Å². The summed E-state index contributed by atoms with van der Waals surface area (Å²) in [4.78, 5) is 27.1. The van der Waals surface area contributed by atoms with Gasteiger partial charge in [0.15, 0.2) is 0 Å². The lowest BCUT2D eigenvalue weighted by molar-refractivity contribution is 0.0937. The summed E-state index contributed by atoms with van der Waals surface area (Å²) in [7, 11) is 0. The SMILES string of the molecule is C[C@@H](CCc1ccccc1)NC(=O)c1ccc2c(c1)NC(=O)c1ccccc1S2. The highest BCUT2D eigenvalue weighted by atomic mass is 32.2. The number of anilines is 1. The van der Waals surface area contributed by atoms with Crippen molar-refractivity contribution in [2.75, 3.05) is 5.32 Å². The highest BCUT2D eigenvalue weighted by Crippen LogP contribution is 2.38. The van der Waals surface area contributed by atoms with Crippen molar-refractivity contribution in [2.24, 2.45) is 0 Å². The van der Waals surface area contributed by atoms with Crippen LogP contribution in [0.5, 0.6) is 0 Å². The molecule has 146 valence electrons. The van der Waals surface area contributed by atoms with Gasteiger partial charge in [-0.05, 0) is 55.7 Å². The molecule has 0 saturated heterocycles. The van der Waals surface area contributed by atoms with E-state index in [1.807, 2.05) is 61.5 Å². The Kier molecular flexibility index (Phi) is 5.67. The van der Waals surface area contributed by atoms with E-state index in [4.69, 9.17) is 0 Å². The van der Waals surface area contributed by atoms with Crippen molar-refractivity contribution in [3.05, 3.63) is 89.5 Å². The van der Waals surface area contributed by atoms with Gasteiger partial charge in [-0.15, -0.1) is 0 Å². The predicted molar refractivity (Wildman–Crippen MR) is 117 cm³/mol. The van der Waals surface area contributed by atoms with Gasteiger partial charge in [-0.3, -0.25) is 9.59 Å². The Labute approximate surface area is 174 Å². The molecule has 0 aliphatic carbocycles. The quantitative estimate of drug-likeness (QED) is 0.620. The number of benzene rings is 3. The third kappa shape index (κ3) is 4.51. The van der Waals surface area contributed by atoms with Crippen LogP contribution in [0.3, 0.4) is 0 Å². The van der Waals surface area contributed by atoms with E-state index in [0.717, 1.165) is 22.6 Å². The highest BCUT2D eigenvalue weighted by molar-refractivity contribution is 7.99. The fourth-order valence-electron chi connectivity index (χ4n) is 3.32. The van der Waals surface area contributed by atoms with Crippen molar-refractivity contribution < 1.29 is 9.59 Å². The molecule has 1 atom stereocenters. The lowest BCUT2D eigenvalue weighted by atomic mass is 10.1. The second kappa shape index (κ2) is 8.53. The minimum absolute atomic E-state index is 0.0507.